The van der Waals surface area contributed by atoms with E-state index in [0.29, 0.717) is 0 Å². The first-order valence-electron chi connectivity index (χ1n) is 6.91. The molecule has 2 heteroatoms. The van der Waals surface area contributed by atoms with Crippen molar-refractivity contribution in [2.24, 2.45) is 0 Å². The fraction of sp³-hybridized carbons (Fsp3) is 1.00. The largest absolute Gasteiger partial charge is 0.298 e. The molecular formula is C13H24N2. The van der Waals surface area contributed by atoms with E-state index in [4.69, 9.17) is 0 Å². The van der Waals surface area contributed by atoms with Crippen LogP contribution in [0.15, 0.2) is 0 Å². The van der Waals surface area contributed by atoms with Crippen molar-refractivity contribution in [3.05, 3.63) is 0 Å². The molecule has 2 aliphatic heterocycles. The lowest BCUT2D eigenvalue weighted by Gasteiger charge is -2.42. The number of fused-ring (bicyclic) bond motifs is 1. The molecule has 1 saturated carbocycles. The van der Waals surface area contributed by atoms with Gasteiger partial charge in [-0.1, -0.05) is 19.3 Å². The molecule has 2 nitrogen and oxygen atoms in total. The molecule has 1 unspecified atom stereocenters. The highest BCUT2D eigenvalue weighted by Crippen LogP contribution is 2.27. The molecule has 0 aromatic rings. The molecule has 3 aliphatic rings. The summed E-state index contributed by atoms with van der Waals surface area (Å²) in [4.78, 5) is 5.53. The molecule has 0 bridgehead atoms. The molecule has 0 N–H and O–H groups in total. The van der Waals surface area contributed by atoms with Crippen molar-refractivity contribution < 1.29 is 0 Å². The molecule has 0 spiro atoms. The van der Waals surface area contributed by atoms with Gasteiger partial charge in [0.1, 0.15) is 0 Å². The zero-order valence-corrected chi connectivity index (χ0v) is 9.83. The van der Waals surface area contributed by atoms with Crippen LogP contribution in [0.1, 0.15) is 44.9 Å². The molecule has 1 aliphatic carbocycles. The number of hydrogen-bond acceptors (Lipinski definition) is 2. The maximum Gasteiger partial charge on any atom is 0.0224 e. The fourth-order valence-electron chi connectivity index (χ4n) is 3.79. The van der Waals surface area contributed by atoms with Crippen LogP contribution in [0.2, 0.25) is 0 Å². The fourth-order valence-corrected chi connectivity index (χ4v) is 3.79. The van der Waals surface area contributed by atoms with Gasteiger partial charge in [0.15, 0.2) is 0 Å². The third kappa shape index (κ3) is 2.07. The average molecular weight is 208 g/mol. The quantitative estimate of drug-likeness (QED) is 0.651. The number of rotatable bonds is 1. The Morgan fingerprint density at radius 3 is 2.20 bits per heavy atom. The lowest BCUT2D eigenvalue weighted by Crippen LogP contribution is -2.53. The van der Waals surface area contributed by atoms with E-state index in [1.807, 2.05) is 0 Å². The lowest BCUT2D eigenvalue weighted by molar-refractivity contribution is 0.0574. The summed E-state index contributed by atoms with van der Waals surface area (Å²) in [6.07, 6.45) is 10.3. The van der Waals surface area contributed by atoms with Crippen molar-refractivity contribution in [3.63, 3.8) is 0 Å². The molecule has 86 valence electrons. The summed E-state index contributed by atoms with van der Waals surface area (Å²) in [5.74, 6) is 0. The Kier molecular flexibility index (Phi) is 2.98. The Balaban J connectivity index is 1.58. The van der Waals surface area contributed by atoms with Crippen LogP contribution in [0.4, 0.5) is 0 Å². The van der Waals surface area contributed by atoms with Crippen LogP contribution in [0.5, 0.6) is 0 Å². The van der Waals surface area contributed by atoms with Crippen molar-refractivity contribution in [2.45, 2.75) is 57.0 Å². The standard InChI is InChI=1S/C13H24N2/c1-2-5-12(6-3-1)15-10-9-14-8-4-7-13(14)11-15/h12-13H,1-11H2. The summed E-state index contributed by atoms with van der Waals surface area (Å²) in [6.45, 7) is 5.45. The van der Waals surface area contributed by atoms with Crippen LogP contribution < -0.4 is 0 Å². The highest BCUT2D eigenvalue weighted by molar-refractivity contribution is 4.89. The number of hydrogen-bond donors (Lipinski definition) is 0. The van der Waals surface area contributed by atoms with E-state index >= 15 is 0 Å². The van der Waals surface area contributed by atoms with E-state index in [-0.39, 0.29) is 0 Å². The van der Waals surface area contributed by atoms with Gasteiger partial charge in [0.2, 0.25) is 0 Å². The van der Waals surface area contributed by atoms with Crippen LogP contribution in [0.25, 0.3) is 0 Å². The second-order valence-electron chi connectivity index (χ2n) is 5.62. The summed E-state index contributed by atoms with van der Waals surface area (Å²) in [7, 11) is 0. The molecule has 3 fully saturated rings. The van der Waals surface area contributed by atoms with E-state index in [1.54, 1.807) is 0 Å². The first-order chi connectivity index (χ1) is 7.43. The van der Waals surface area contributed by atoms with Crippen molar-refractivity contribution >= 4 is 0 Å². The maximum absolute atomic E-state index is 2.81. The van der Waals surface area contributed by atoms with Gasteiger partial charge in [0.25, 0.3) is 0 Å². The highest BCUT2D eigenvalue weighted by Gasteiger charge is 2.33. The topological polar surface area (TPSA) is 6.48 Å². The predicted molar refractivity (Wildman–Crippen MR) is 63.0 cm³/mol. The zero-order chi connectivity index (χ0) is 10.1. The third-order valence-electron chi connectivity index (χ3n) is 4.71. The van der Waals surface area contributed by atoms with Gasteiger partial charge in [0, 0.05) is 31.7 Å². The minimum Gasteiger partial charge on any atom is -0.298 e. The van der Waals surface area contributed by atoms with Crippen LogP contribution in [0.3, 0.4) is 0 Å². The van der Waals surface area contributed by atoms with Gasteiger partial charge in [-0.15, -0.1) is 0 Å². The molecule has 0 amide bonds. The zero-order valence-electron chi connectivity index (χ0n) is 9.83. The maximum atomic E-state index is 2.81. The van der Waals surface area contributed by atoms with Crippen molar-refractivity contribution in [1.82, 2.24) is 9.80 Å². The number of nitrogens with zero attached hydrogens (tertiary/aromatic N) is 2. The van der Waals surface area contributed by atoms with Crippen LogP contribution in [-0.2, 0) is 0 Å². The lowest BCUT2D eigenvalue weighted by atomic mass is 9.93. The Morgan fingerprint density at radius 1 is 0.600 bits per heavy atom. The van der Waals surface area contributed by atoms with Gasteiger partial charge in [0.05, 0.1) is 0 Å². The number of piperazine rings is 1. The summed E-state index contributed by atoms with van der Waals surface area (Å²) in [5.41, 5.74) is 0. The molecule has 3 rings (SSSR count). The Hall–Kier alpha value is -0.0800. The minimum atomic E-state index is 0.917. The van der Waals surface area contributed by atoms with Gasteiger partial charge >= 0.3 is 0 Å². The normalized spacial score (nSPS) is 35.6. The SMILES string of the molecule is C1CCC(N2CCN3CCCC3C2)CC1. The molecule has 0 radical (unpaired) electrons. The van der Waals surface area contributed by atoms with E-state index in [2.05, 4.69) is 9.80 Å². The van der Waals surface area contributed by atoms with Gasteiger partial charge in [-0.3, -0.25) is 9.80 Å². The Labute approximate surface area is 93.6 Å². The first-order valence-corrected chi connectivity index (χ1v) is 6.91. The summed E-state index contributed by atoms with van der Waals surface area (Å²) < 4.78 is 0. The minimum absolute atomic E-state index is 0.917. The summed E-state index contributed by atoms with van der Waals surface area (Å²) >= 11 is 0. The van der Waals surface area contributed by atoms with Crippen LogP contribution in [-0.4, -0.2) is 48.1 Å². The van der Waals surface area contributed by atoms with E-state index < -0.39 is 0 Å². The van der Waals surface area contributed by atoms with Crippen molar-refractivity contribution in [3.8, 4) is 0 Å². The van der Waals surface area contributed by atoms with Crippen molar-refractivity contribution in [1.29, 1.82) is 0 Å². The first kappa shape index (κ1) is 10.1. The van der Waals surface area contributed by atoms with Gasteiger partial charge in [-0.2, -0.15) is 0 Å². The molecule has 0 aromatic heterocycles. The molecular weight excluding hydrogens is 184 g/mol. The monoisotopic (exact) mass is 208 g/mol. The highest BCUT2D eigenvalue weighted by atomic mass is 15.3. The predicted octanol–water partition coefficient (Wildman–Crippen LogP) is 2.10. The average Bonchev–Trinajstić information content (AvgIpc) is 2.77. The smallest absolute Gasteiger partial charge is 0.0224 e. The third-order valence-corrected chi connectivity index (χ3v) is 4.71. The Morgan fingerprint density at radius 2 is 1.33 bits per heavy atom. The van der Waals surface area contributed by atoms with E-state index in [0.717, 1.165) is 12.1 Å². The molecule has 0 aromatic carbocycles. The summed E-state index contributed by atoms with van der Waals surface area (Å²) in [6, 6.07) is 1.86. The van der Waals surface area contributed by atoms with E-state index in [9.17, 15) is 0 Å². The van der Waals surface area contributed by atoms with E-state index in [1.165, 1.54) is 71.1 Å². The van der Waals surface area contributed by atoms with Gasteiger partial charge in [-0.25, -0.2) is 0 Å². The van der Waals surface area contributed by atoms with Crippen molar-refractivity contribution in [2.75, 3.05) is 26.2 Å². The molecule has 1 atom stereocenters. The van der Waals surface area contributed by atoms with Crippen LogP contribution in [0, 0.1) is 0 Å². The summed E-state index contributed by atoms with van der Waals surface area (Å²) in [5, 5.41) is 0. The second kappa shape index (κ2) is 4.42. The molecule has 2 heterocycles. The molecule has 2 saturated heterocycles. The van der Waals surface area contributed by atoms with Gasteiger partial charge in [-0.05, 0) is 32.2 Å². The van der Waals surface area contributed by atoms with Gasteiger partial charge < -0.3 is 0 Å². The Bertz CT molecular complexity index is 211. The second-order valence-corrected chi connectivity index (χ2v) is 5.62. The van der Waals surface area contributed by atoms with Crippen LogP contribution >= 0.6 is 0 Å². The molecule has 15 heavy (non-hydrogen) atoms.